The van der Waals surface area contributed by atoms with Crippen molar-refractivity contribution in [1.29, 1.82) is 0 Å². The molecule has 6 rings (SSSR count). The minimum absolute atomic E-state index is 0.196. The first-order valence-corrected chi connectivity index (χ1v) is 14.9. The summed E-state index contributed by atoms with van der Waals surface area (Å²) in [4.78, 5) is 3.18. The summed E-state index contributed by atoms with van der Waals surface area (Å²) in [6.07, 6.45) is 17.6. The van der Waals surface area contributed by atoms with E-state index in [1.54, 1.807) is 5.57 Å². The Kier molecular flexibility index (Phi) is 5.79. The molecule has 0 radical (unpaired) electrons. The molecule has 9 atom stereocenters. The molecule has 36 heavy (non-hydrogen) atoms. The van der Waals surface area contributed by atoms with E-state index in [9.17, 15) is 10.2 Å². The number of fused-ring (bicyclic) bond motifs is 4. The van der Waals surface area contributed by atoms with Crippen LogP contribution >= 0.6 is 0 Å². The van der Waals surface area contributed by atoms with Crippen LogP contribution in [0.25, 0.3) is 0 Å². The third kappa shape index (κ3) is 3.30. The van der Waals surface area contributed by atoms with Crippen molar-refractivity contribution in [2.75, 3.05) is 13.2 Å². The second kappa shape index (κ2) is 8.34. The average molecular weight is 492 g/mol. The number of hydrogen-bond acceptors (Lipinski definition) is 2. The Morgan fingerprint density at radius 1 is 1.17 bits per heavy atom. The molecule has 4 saturated carbocycles. The quantitative estimate of drug-likeness (QED) is 0.404. The van der Waals surface area contributed by atoms with E-state index in [-0.39, 0.29) is 22.9 Å². The van der Waals surface area contributed by atoms with Gasteiger partial charge in [-0.2, -0.15) is 0 Å². The van der Waals surface area contributed by atoms with Gasteiger partial charge in [0.05, 0.1) is 0 Å². The van der Waals surface area contributed by atoms with Gasteiger partial charge in [0.2, 0.25) is 0 Å². The predicted molar refractivity (Wildman–Crippen MR) is 146 cm³/mol. The average Bonchev–Trinajstić information content (AvgIpc) is 3.34. The molecule has 1 heterocycles. The number of allylic oxidation sites excluding steroid dienone is 3. The van der Waals surface area contributed by atoms with Gasteiger partial charge in [0.25, 0.3) is 0 Å². The summed E-state index contributed by atoms with van der Waals surface area (Å²) < 4.78 is 0. The lowest BCUT2D eigenvalue weighted by Gasteiger charge is -2.63. The van der Waals surface area contributed by atoms with Gasteiger partial charge >= 0.3 is 0 Å². The van der Waals surface area contributed by atoms with Crippen LogP contribution in [-0.2, 0) is 6.42 Å². The van der Waals surface area contributed by atoms with Crippen molar-refractivity contribution in [3.05, 3.63) is 47.8 Å². The standard InChI is InChI=1S/C33H49NO2/c1-21-13-27-31(5,29-28(21)30(29,3)4)22(2)33(10-6-7-26(33)19-36)20-32(27)11-8-23(16-32)14-25(18-35)15-24-9-12-34-17-24/h9,12-13,17,22-23,25-26,28-29,34-36H,1,6-8,10-11,14-16,18-20H2,2-5H3/t22-,23-,25+,26+,28-,29+,31-,32-,33+/m1/s1. The first kappa shape index (κ1) is 25.0. The molecule has 0 unspecified atom stereocenters. The zero-order valence-corrected chi connectivity index (χ0v) is 23.2. The number of hydrogen-bond donors (Lipinski definition) is 3. The van der Waals surface area contributed by atoms with Gasteiger partial charge in [-0.1, -0.05) is 57.9 Å². The van der Waals surface area contributed by atoms with Crippen molar-refractivity contribution < 1.29 is 10.2 Å². The molecular weight excluding hydrogens is 442 g/mol. The summed E-state index contributed by atoms with van der Waals surface area (Å²) in [5, 5.41) is 20.9. The van der Waals surface area contributed by atoms with Gasteiger partial charge in [-0.3, -0.25) is 0 Å². The van der Waals surface area contributed by atoms with E-state index >= 15 is 0 Å². The molecule has 5 aliphatic rings. The van der Waals surface area contributed by atoms with Gasteiger partial charge in [-0.05, 0) is 120 Å². The maximum absolute atomic E-state index is 10.6. The smallest absolute Gasteiger partial charge is 0.0464 e. The second-order valence-electron chi connectivity index (χ2n) is 14.7. The summed E-state index contributed by atoms with van der Waals surface area (Å²) in [7, 11) is 0. The fourth-order valence-corrected chi connectivity index (χ4v) is 11.4. The van der Waals surface area contributed by atoms with Gasteiger partial charge < -0.3 is 15.2 Å². The van der Waals surface area contributed by atoms with Crippen LogP contribution in [0.15, 0.2) is 42.3 Å². The summed E-state index contributed by atoms with van der Waals surface area (Å²) in [6.45, 7) is 15.4. The zero-order valence-electron chi connectivity index (χ0n) is 23.2. The molecular formula is C33H49NO2. The monoisotopic (exact) mass is 491 g/mol. The maximum atomic E-state index is 10.6. The summed E-state index contributed by atoms with van der Waals surface area (Å²) in [5.41, 5.74) is 5.45. The van der Waals surface area contributed by atoms with Crippen LogP contribution in [0.3, 0.4) is 0 Å². The van der Waals surface area contributed by atoms with Crippen molar-refractivity contribution in [3.63, 3.8) is 0 Å². The minimum atomic E-state index is 0.196. The van der Waals surface area contributed by atoms with Crippen molar-refractivity contribution >= 4 is 0 Å². The number of nitrogens with one attached hydrogen (secondary N) is 1. The Balaban J connectivity index is 1.36. The lowest BCUT2D eigenvalue weighted by atomic mass is 9.41. The summed E-state index contributed by atoms with van der Waals surface area (Å²) in [6, 6.07) is 2.15. The largest absolute Gasteiger partial charge is 0.396 e. The summed E-state index contributed by atoms with van der Waals surface area (Å²) >= 11 is 0. The molecule has 0 bridgehead atoms. The third-order valence-corrected chi connectivity index (χ3v) is 12.8. The van der Waals surface area contributed by atoms with Gasteiger partial charge in [-0.15, -0.1) is 0 Å². The van der Waals surface area contributed by atoms with Crippen LogP contribution in [0.4, 0.5) is 0 Å². The molecule has 4 fully saturated rings. The molecule has 0 aromatic carbocycles. The third-order valence-electron chi connectivity index (χ3n) is 12.8. The summed E-state index contributed by atoms with van der Waals surface area (Å²) in [5.74, 6) is 3.35. The number of aliphatic hydroxyl groups is 2. The van der Waals surface area contributed by atoms with Crippen molar-refractivity contribution in [3.8, 4) is 0 Å². The Morgan fingerprint density at radius 3 is 2.67 bits per heavy atom. The fraction of sp³-hybridized carbons (Fsp3) is 0.758. The molecule has 5 aliphatic carbocycles. The number of aromatic nitrogens is 1. The van der Waals surface area contributed by atoms with Crippen LogP contribution in [0.5, 0.6) is 0 Å². The Morgan fingerprint density at radius 2 is 1.97 bits per heavy atom. The van der Waals surface area contributed by atoms with Crippen molar-refractivity contribution in [2.24, 2.45) is 57.2 Å². The number of rotatable bonds is 6. The predicted octanol–water partition coefficient (Wildman–Crippen LogP) is 6.94. The molecule has 1 aromatic rings. The normalized spacial score (nSPS) is 45.6. The van der Waals surface area contributed by atoms with Gasteiger partial charge in [-0.25, -0.2) is 0 Å². The molecule has 2 spiro atoms. The molecule has 198 valence electrons. The van der Waals surface area contributed by atoms with E-state index in [2.05, 4.69) is 57.6 Å². The van der Waals surface area contributed by atoms with Crippen LogP contribution < -0.4 is 0 Å². The van der Waals surface area contributed by atoms with Crippen LogP contribution in [0.1, 0.15) is 84.6 Å². The fourth-order valence-electron chi connectivity index (χ4n) is 11.4. The lowest BCUT2D eigenvalue weighted by molar-refractivity contribution is -0.0839. The topological polar surface area (TPSA) is 56.2 Å². The Hall–Kier alpha value is -1.32. The van der Waals surface area contributed by atoms with E-state index in [1.807, 2.05) is 6.20 Å². The highest BCUT2D eigenvalue weighted by molar-refractivity contribution is 5.48. The van der Waals surface area contributed by atoms with Gasteiger partial charge in [0, 0.05) is 25.6 Å². The minimum Gasteiger partial charge on any atom is -0.396 e. The van der Waals surface area contributed by atoms with Crippen molar-refractivity contribution in [2.45, 2.75) is 85.5 Å². The molecule has 0 aliphatic heterocycles. The van der Waals surface area contributed by atoms with Gasteiger partial charge in [0.15, 0.2) is 0 Å². The van der Waals surface area contributed by atoms with E-state index in [0.29, 0.717) is 47.5 Å². The second-order valence-corrected chi connectivity index (χ2v) is 14.7. The van der Waals surface area contributed by atoms with E-state index in [0.717, 1.165) is 12.8 Å². The van der Waals surface area contributed by atoms with E-state index < -0.39 is 0 Å². The highest BCUT2D eigenvalue weighted by Gasteiger charge is 2.75. The Labute approximate surface area is 218 Å². The SMILES string of the molecule is C=C1C=C2[C@@]3(CC[C@H](C[C@H](CO)Cc4cc[nH]c4)C3)C[C@@]3(CCC[C@H]3CO)[C@H](C)[C@@]2(C)[C@H]2[C@@H]1C2(C)C. The first-order chi connectivity index (χ1) is 17.1. The lowest BCUT2D eigenvalue weighted by Crippen LogP contribution is -2.56. The number of aliphatic hydroxyl groups excluding tert-OH is 2. The highest BCUT2D eigenvalue weighted by atomic mass is 16.3. The first-order valence-electron chi connectivity index (χ1n) is 14.9. The zero-order chi connectivity index (χ0) is 25.5. The maximum Gasteiger partial charge on any atom is 0.0464 e. The van der Waals surface area contributed by atoms with Crippen LogP contribution in [0, 0.1) is 57.2 Å². The van der Waals surface area contributed by atoms with E-state index in [4.69, 9.17) is 0 Å². The van der Waals surface area contributed by atoms with E-state index in [1.165, 1.54) is 56.1 Å². The molecule has 3 nitrogen and oxygen atoms in total. The number of aromatic amines is 1. The molecule has 0 amide bonds. The van der Waals surface area contributed by atoms with Crippen LogP contribution in [-0.4, -0.2) is 28.4 Å². The van der Waals surface area contributed by atoms with Crippen molar-refractivity contribution in [1.82, 2.24) is 4.98 Å². The number of H-pyrrole nitrogens is 1. The Bertz CT molecular complexity index is 1040. The molecule has 3 N–H and O–H groups in total. The molecule has 3 heteroatoms. The molecule has 0 saturated heterocycles. The van der Waals surface area contributed by atoms with Crippen LogP contribution in [0.2, 0.25) is 0 Å². The highest BCUT2D eigenvalue weighted by Crippen LogP contribution is 2.82. The van der Waals surface area contributed by atoms with Gasteiger partial charge in [0.1, 0.15) is 0 Å². The molecule has 1 aromatic heterocycles.